The molecule has 0 radical (unpaired) electrons. The number of rotatable bonds is 6. The van der Waals surface area contributed by atoms with Crippen molar-refractivity contribution in [1.82, 2.24) is 10.3 Å². The van der Waals surface area contributed by atoms with Crippen LogP contribution in [-0.2, 0) is 4.79 Å². The van der Waals surface area contributed by atoms with Gasteiger partial charge in [0.15, 0.2) is 0 Å². The number of nitrogens with one attached hydrogen (secondary N) is 1. The summed E-state index contributed by atoms with van der Waals surface area (Å²) < 4.78 is 0. The zero-order valence-electron chi connectivity index (χ0n) is 9.49. The predicted octanol–water partition coefficient (Wildman–Crippen LogP) is -0.541. The van der Waals surface area contributed by atoms with Gasteiger partial charge in [0.25, 0.3) is 0 Å². The third kappa shape index (κ3) is 3.44. The molecule has 0 aromatic carbocycles. The molecule has 5 nitrogen and oxygen atoms in total. The summed E-state index contributed by atoms with van der Waals surface area (Å²) in [6.07, 6.45) is 2.33. The molecule has 0 aromatic heterocycles. The number of aliphatic hydroxyl groups excluding tert-OH is 1. The van der Waals surface area contributed by atoms with Crippen LogP contribution in [0, 0.1) is 5.41 Å². The first-order valence-corrected chi connectivity index (χ1v) is 5.37. The molecule has 5 heteroatoms. The molecule has 88 valence electrons. The first-order chi connectivity index (χ1) is 7.01. The number of amides is 1. The molecule has 0 aliphatic heterocycles. The topological polar surface area (TPSA) is 78.6 Å². The molecule has 0 unspecified atom stereocenters. The molecule has 1 amide bonds. The lowest BCUT2D eigenvalue weighted by Crippen LogP contribution is -2.48. The van der Waals surface area contributed by atoms with Crippen LogP contribution in [0.1, 0.15) is 26.7 Å². The maximum absolute atomic E-state index is 11.5. The summed E-state index contributed by atoms with van der Waals surface area (Å²) in [6, 6.07) is 0.544. The van der Waals surface area contributed by atoms with Crippen LogP contribution in [0.25, 0.3) is 0 Å². The number of hydrazine groups is 1. The van der Waals surface area contributed by atoms with Crippen LogP contribution in [0.3, 0.4) is 0 Å². The smallest absolute Gasteiger partial charge is 0.240 e. The number of carbonyl (C=O) groups is 1. The van der Waals surface area contributed by atoms with E-state index in [0.717, 1.165) is 0 Å². The molecule has 1 saturated carbocycles. The highest BCUT2D eigenvalue weighted by molar-refractivity contribution is 5.81. The third-order valence-corrected chi connectivity index (χ3v) is 2.79. The SMILES string of the molecule is CC(C)(CN(CCO)C1CC1)C(=O)NN. The van der Waals surface area contributed by atoms with E-state index in [1.165, 1.54) is 12.8 Å². The van der Waals surface area contributed by atoms with Crippen LogP contribution in [0.4, 0.5) is 0 Å². The maximum atomic E-state index is 11.5. The van der Waals surface area contributed by atoms with Gasteiger partial charge >= 0.3 is 0 Å². The quantitative estimate of drug-likeness (QED) is 0.316. The fourth-order valence-corrected chi connectivity index (χ4v) is 1.73. The second kappa shape index (κ2) is 4.92. The van der Waals surface area contributed by atoms with Gasteiger partial charge < -0.3 is 5.11 Å². The lowest BCUT2D eigenvalue weighted by atomic mass is 9.91. The summed E-state index contributed by atoms with van der Waals surface area (Å²) in [6.45, 7) is 5.13. The van der Waals surface area contributed by atoms with E-state index in [0.29, 0.717) is 19.1 Å². The fourth-order valence-electron chi connectivity index (χ4n) is 1.73. The number of carbonyl (C=O) groups excluding carboxylic acids is 1. The van der Waals surface area contributed by atoms with E-state index in [2.05, 4.69) is 10.3 Å². The van der Waals surface area contributed by atoms with E-state index in [4.69, 9.17) is 10.9 Å². The zero-order valence-corrected chi connectivity index (χ0v) is 9.49. The standard InChI is InChI=1S/C10H21N3O2/c1-10(2,9(15)12-11)7-13(5-6-14)8-3-4-8/h8,14H,3-7,11H2,1-2H3,(H,12,15). The highest BCUT2D eigenvalue weighted by Crippen LogP contribution is 2.29. The fraction of sp³-hybridized carbons (Fsp3) is 0.900. The molecule has 1 aliphatic carbocycles. The first kappa shape index (κ1) is 12.4. The Kier molecular flexibility index (Phi) is 4.07. The largest absolute Gasteiger partial charge is 0.395 e. The Morgan fingerprint density at radius 1 is 1.60 bits per heavy atom. The van der Waals surface area contributed by atoms with Gasteiger partial charge in [0, 0.05) is 19.1 Å². The van der Waals surface area contributed by atoms with E-state index >= 15 is 0 Å². The van der Waals surface area contributed by atoms with Crippen molar-refractivity contribution in [3.05, 3.63) is 0 Å². The second-order valence-electron chi connectivity index (χ2n) is 4.78. The molecule has 0 spiro atoms. The Morgan fingerprint density at radius 2 is 2.20 bits per heavy atom. The molecule has 1 fully saturated rings. The van der Waals surface area contributed by atoms with E-state index in [1.54, 1.807) is 0 Å². The van der Waals surface area contributed by atoms with Gasteiger partial charge in [-0.25, -0.2) is 5.84 Å². The predicted molar refractivity (Wildman–Crippen MR) is 57.8 cm³/mol. The van der Waals surface area contributed by atoms with Gasteiger partial charge in [-0.3, -0.25) is 15.1 Å². The van der Waals surface area contributed by atoms with Crippen molar-refractivity contribution in [1.29, 1.82) is 0 Å². The molecule has 4 N–H and O–H groups in total. The molecular weight excluding hydrogens is 194 g/mol. The van der Waals surface area contributed by atoms with Crippen LogP contribution < -0.4 is 11.3 Å². The molecule has 1 rings (SSSR count). The molecular formula is C10H21N3O2. The molecule has 0 aromatic rings. The molecule has 0 atom stereocenters. The molecule has 15 heavy (non-hydrogen) atoms. The van der Waals surface area contributed by atoms with Crippen molar-refractivity contribution in [2.45, 2.75) is 32.7 Å². The minimum absolute atomic E-state index is 0.136. The van der Waals surface area contributed by atoms with Crippen molar-refractivity contribution < 1.29 is 9.90 Å². The number of nitrogens with two attached hydrogens (primary N) is 1. The lowest BCUT2D eigenvalue weighted by Gasteiger charge is -2.30. The normalized spacial score (nSPS) is 16.9. The summed E-state index contributed by atoms with van der Waals surface area (Å²) in [7, 11) is 0. The minimum atomic E-state index is -0.507. The minimum Gasteiger partial charge on any atom is -0.395 e. The van der Waals surface area contributed by atoms with Gasteiger partial charge in [-0.05, 0) is 26.7 Å². The number of nitrogens with zero attached hydrogens (tertiary/aromatic N) is 1. The van der Waals surface area contributed by atoms with Crippen LogP contribution in [0.15, 0.2) is 0 Å². The number of hydrogen-bond acceptors (Lipinski definition) is 4. The van der Waals surface area contributed by atoms with Gasteiger partial charge in [0.2, 0.25) is 5.91 Å². The van der Waals surface area contributed by atoms with Crippen LogP contribution in [-0.4, -0.2) is 41.7 Å². The highest BCUT2D eigenvalue weighted by Gasteiger charge is 2.35. The van der Waals surface area contributed by atoms with E-state index in [9.17, 15) is 4.79 Å². The van der Waals surface area contributed by atoms with Crippen LogP contribution in [0.5, 0.6) is 0 Å². The third-order valence-electron chi connectivity index (χ3n) is 2.79. The van der Waals surface area contributed by atoms with Gasteiger partial charge in [-0.15, -0.1) is 0 Å². The summed E-state index contributed by atoms with van der Waals surface area (Å²) in [5.74, 6) is 4.97. The Morgan fingerprint density at radius 3 is 2.60 bits per heavy atom. The van der Waals surface area contributed by atoms with Crippen molar-refractivity contribution in [3.63, 3.8) is 0 Å². The monoisotopic (exact) mass is 215 g/mol. The van der Waals surface area contributed by atoms with E-state index < -0.39 is 5.41 Å². The number of hydrogen-bond donors (Lipinski definition) is 3. The maximum Gasteiger partial charge on any atom is 0.240 e. The molecule has 0 heterocycles. The Bertz CT molecular complexity index is 227. The lowest BCUT2D eigenvalue weighted by molar-refractivity contribution is -0.130. The summed E-state index contributed by atoms with van der Waals surface area (Å²) in [5, 5.41) is 8.94. The van der Waals surface area contributed by atoms with Crippen LogP contribution >= 0.6 is 0 Å². The molecule has 0 bridgehead atoms. The van der Waals surface area contributed by atoms with Gasteiger partial charge in [-0.2, -0.15) is 0 Å². The van der Waals surface area contributed by atoms with Crippen molar-refractivity contribution in [3.8, 4) is 0 Å². The van der Waals surface area contributed by atoms with Gasteiger partial charge in [-0.1, -0.05) is 0 Å². The number of aliphatic hydroxyl groups is 1. The van der Waals surface area contributed by atoms with Crippen LogP contribution in [0.2, 0.25) is 0 Å². The van der Waals surface area contributed by atoms with Crippen molar-refractivity contribution in [2.75, 3.05) is 19.7 Å². The van der Waals surface area contributed by atoms with E-state index in [1.807, 2.05) is 13.8 Å². The van der Waals surface area contributed by atoms with E-state index in [-0.39, 0.29) is 12.5 Å². The molecule has 0 saturated heterocycles. The summed E-state index contributed by atoms with van der Waals surface area (Å²) in [5.41, 5.74) is 1.68. The Labute approximate surface area is 90.6 Å². The molecule has 1 aliphatic rings. The highest BCUT2D eigenvalue weighted by atomic mass is 16.3. The summed E-state index contributed by atoms with van der Waals surface area (Å²) >= 11 is 0. The zero-order chi connectivity index (χ0) is 11.5. The second-order valence-corrected chi connectivity index (χ2v) is 4.78. The van der Waals surface area contributed by atoms with Gasteiger partial charge in [0.05, 0.1) is 12.0 Å². The average Bonchev–Trinajstić information content (AvgIpc) is 2.98. The Balaban J connectivity index is 2.51. The Hall–Kier alpha value is -0.650. The van der Waals surface area contributed by atoms with Gasteiger partial charge in [0.1, 0.15) is 0 Å². The van der Waals surface area contributed by atoms with Crippen molar-refractivity contribution >= 4 is 5.91 Å². The average molecular weight is 215 g/mol. The first-order valence-electron chi connectivity index (χ1n) is 5.37. The summed E-state index contributed by atoms with van der Waals surface area (Å²) in [4.78, 5) is 13.7. The van der Waals surface area contributed by atoms with Crippen molar-refractivity contribution in [2.24, 2.45) is 11.3 Å².